The van der Waals surface area contributed by atoms with Crippen molar-refractivity contribution in [2.24, 2.45) is 0 Å². The minimum Gasteiger partial charge on any atom is -0.484 e. The van der Waals surface area contributed by atoms with E-state index in [1.807, 2.05) is 54.6 Å². The highest BCUT2D eigenvalue weighted by Gasteiger charge is 2.15. The van der Waals surface area contributed by atoms with Crippen molar-refractivity contribution in [1.82, 2.24) is 15.4 Å². The number of benzene rings is 2. The molecule has 1 fully saturated rings. The van der Waals surface area contributed by atoms with Crippen LogP contribution in [-0.2, 0) is 11.2 Å². The molecule has 1 saturated carbocycles. The van der Waals surface area contributed by atoms with E-state index in [1.54, 1.807) is 0 Å². The molecule has 1 aliphatic rings. The minimum absolute atomic E-state index is 0.00812. The summed E-state index contributed by atoms with van der Waals surface area (Å²) in [6, 6.07) is 17.4. The maximum atomic E-state index is 12.0. The van der Waals surface area contributed by atoms with E-state index in [1.165, 1.54) is 31.2 Å². The summed E-state index contributed by atoms with van der Waals surface area (Å²) in [6.45, 7) is 0.555. The number of urea groups is 1. The van der Waals surface area contributed by atoms with Crippen LogP contribution in [-0.4, -0.2) is 31.1 Å². The van der Waals surface area contributed by atoms with E-state index in [-0.39, 0.29) is 18.5 Å². The Bertz CT molecular complexity index is 793. The number of rotatable bonds is 9. The molecule has 0 bridgehead atoms. The van der Waals surface area contributed by atoms with Crippen molar-refractivity contribution in [1.29, 1.82) is 0 Å². The van der Waals surface area contributed by atoms with Crippen LogP contribution in [0.3, 0.4) is 0 Å². The predicted molar refractivity (Wildman–Crippen MR) is 119 cm³/mol. The van der Waals surface area contributed by atoms with Crippen LogP contribution in [0.4, 0.5) is 4.79 Å². The summed E-state index contributed by atoms with van der Waals surface area (Å²) >= 11 is 1.31. The van der Waals surface area contributed by atoms with Crippen molar-refractivity contribution in [2.45, 2.75) is 49.5 Å². The molecule has 2 aromatic carbocycles. The van der Waals surface area contributed by atoms with Gasteiger partial charge in [-0.2, -0.15) is 0 Å². The van der Waals surface area contributed by atoms with Gasteiger partial charge in [0.2, 0.25) is 0 Å². The second kappa shape index (κ2) is 12.1. The highest BCUT2D eigenvalue weighted by Crippen LogP contribution is 2.18. The van der Waals surface area contributed by atoms with Gasteiger partial charge in [-0.25, -0.2) is 4.79 Å². The van der Waals surface area contributed by atoms with E-state index in [4.69, 9.17) is 4.74 Å². The SMILES string of the molecule is O=C(COc1ccccc1)NCCc1ccc(SNC(=O)NC2CCCCC2)cc1. The van der Waals surface area contributed by atoms with Crippen LogP contribution < -0.4 is 20.1 Å². The lowest BCUT2D eigenvalue weighted by Crippen LogP contribution is -2.40. The Kier molecular flexibility index (Phi) is 8.90. The Morgan fingerprint density at radius 3 is 2.43 bits per heavy atom. The molecule has 0 aliphatic heterocycles. The van der Waals surface area contributed by atoms with Crippen molar-refractivity contribution in [3.8, 4) is 5.75 Å². The highest BCUT2D eigenvalue weighted by atomic mass is 32.2. The van der Waals surface area contributed by atoms with Gasteiger partial charge in [0.25, 0.3) is 5.91 Å². The third-order valence-electron chi connectivity index (χ3n) is 4.97. The number of hydrogen-bond acceptors (Lipinski definition) is 4. The van der Waals surface area contributed by atoms with E-state index in [0.29, 0.717) is 18.3 Å². The molecule has 1 aliphatic carbocycles. The molecule has 0 heterocycles. The van der Waals surface area contributed by atoms with Crippen molar-refractivity contribution >= 4 is 23.9 Å². The maximum absolute atomic E-state index is 12.0. The van der Waals surface area contributed by atoms with E-state index >= 15 is 0 Å². The molecule has 30 heavy (non-hydrogen) atoms. The molecule has 160 valence electrons. The molecule has 3 N–H and O–H groups in total. The fraction of sp³-hybridized carbons (Fsp3) is 0.391. The van der Waals surface area contributed by atoms with Gasteiger partial charge in [0.05, 0.1) is 0 Å². The summed E-state index contributed by atoms with van der Waals surface area (Å²) in [7, 11) is 0. The Labute approximate surface area is 182 Å². The summed E-state index contributed by atoms with van der Waals surface area (Å²) in [4.78, 5) is 24.8. The van der Waals surface area contributed by atoms with E-state index in [2.05, 4.69) is 15.4 Å². The lowest BCUT2D eigenvalue weighted by Gasteiger charge is -2.22. The normalized spacial score (nSPS) is 14.0. The van der Waals surface area contributed by atoms with Crippen LogP contribution in [0.25, 0.3) is 0 Å². The fourth-order valence-electron chi connectivity index (χ4n) is 3.35. The van der Waals surface area contributed by atoms with E-state index in [0.717, 1.165) is 29.7 Å². The molecule has 0 radical (unpaired) electrons. The quantitative estimate of drug-likeness (QED) is 0.527. The standard InChI is InChI=1S/C23H29N3O3S/c27-22(17-29-20-9-5-2-6-10-20)24-16-15-18-11-13-21(14-12-18)30-26-23(28)25-19-7-3-1-4-8-19/h2,5-6,9-14,19H,1,3-4,7-8,15-17H2,(H,24,27)(H2,25,26,28). The predicted octanol–water partition coefficient (Wildman–Crippen LogP) is 4.06. The number of ether oxygens (including phenoxy) is 1. The average Bonchev–Trinajstić information content (AvgIpc) is 2.78. The summed E-state index contributed by atoms with van der Waals surface area (Å²) in [5.41, 5.74) is 1.12. The maximum Gasteiger partial charge on any atom is 0.325 e. The monoisotopic (exact) mass is 427 g/mol. The van der Waals surface area contributed by atoms with Crippen molar-refractivity contribution in [3.63, 3.8) is 0 Å². The van der Waals surface area contributed by atoms with Gasteiger partial charge >= 0.3 is 6.03 Å². The van der Waals surface area contributed by atoms with Crippen LogP contribution in [0.5, 0.6) is 5.75 Å². The third-order valence-corrected chi connectivity index (χ3v) is 5.77. The van der Waals surface area contributed by atoms with Crippen LogP contribution in [0.15, 0.2) is 59.5 Å². The van der Waals surface area contributed by atoms with Gasteiger partial charge in [0.1, 0.15) is 5.75 Å². The van der Waals surface area contributed by atoms with Crippen LogP contribution in [0, 0.1) is 0 Å². The molecule has 2 aromatic rings. The lowest BCUT2D eigenvalue weighted by molar-refractivity contribution is -0.123. The molecule has 0 saturated heterocycles. The molecule has 6 nitrogen and oxygen atoms in total. The number of nitrogens with one attached hydrogen (secondary N) is 3. The van der Waals surface area contributed by atoms with E-state index in [9.17, 15) is 9.59 Å². The first-order valence-corrected chi connectivity index (χ1v) is 11.3. The van der Waals surface area contributed by atoms with Gasteiger partial charge in [0.15, 0.2) is 6.61 Å². The summed E-state index contributed by atoms with van der Waals surface area (Å²) in [6.07, 6.45) is 6.53. The molecule has 3 rings (SSSR count). The molecule has 0 atom stereocenters. The van der Waals surface area contributed by atoms with E-state index < -0.39 is 0 Å². The first-order valence-electron chi connectivity index (χ1n) is 10.5. The van der Waals surface area contributed by atoms with Gasteiger partial charge in [0, 0.05) is 17.5 Å². The number of carbonyl (C=O) groups is 2. The fourth-order valence-corrected chi connectivity index (χ4v) is 3.90. The van der Waals surface area contributed by atoms with Gasteiger partial charge in [-0.3, -0.25) is 9.52 Å². The van der Waals surface area contributed by atoms with Crippen LogP contribution in [0.1, 0.15) is 37.7 Å². The zero-order valence-electron chi connectivity index (χ0n) is 17.1. The molecule has 0 spiro atoms. The third kappa shape index (κ3) is 7.99. The van der Waals surface area contributed by atoms with Crippen molar-refractivity contribution in [2.75, 3.05) is 13.2 Å². The molecule has 0 aromatic heterocycles. The number of amides is 3. The second-order valence-electron chi connectivity index (χ2n) is 7.36. The Morgan fingerprint density at radius 2 is 1.70 bits per heavy atom. The highest BCUT2D eigenvalue weighted by molar-refractivity contribution is 7.98. The number of carbonyl (C=O) groups excluding carboxylic acids is 2. The lowest BCUT2D eigenvalue weighted by atomic mass is 9.96. The molecular weight excluding hydrogens is 398 g/mol. The minimum atomic E-state index is -0.140. The largest absolute Gasteiger partial charge is 0.484 e. The van der Waals surface area contributed by atoms with Crippen molar-refractivity contribution < 1.29 is 14.3 Å². The topological polar surface area (TPSA) is 79.5 Å². The first kappa shape index (κ1) is 22.0. The molecule has 7 heteroatoms. The van der Waals surface area contributed by atoms with Crippen LogP contribution in [0.2, 0.25) is 0 Å². The number of hydrogen-bond donors (Lipinski definition) is 3. The zero-order chi connectivity index (χ0) is 21.0. The average molecular weight is 428 g/mol. The van der Waals surface area contributed by atoms with Crippen molar-refractivity contribution in [3.05, 3.63) is 60.2 Å². The Morgan fingerprint density at radius 1 is 0.967 bits per heavy atom. The Balaban J connectivity index is 1.30. The van der Waals surface area contributed by atoms with Gasteiger partial charge in [-0.15, -0.1) is 0 Å². The van der Waals surface area contributed by atoms with Gasteiger partial charge in [-0.05, 0) is 61.0 Å². The smallest absolute Gasteiger partial charge is 0.325 e. The summed E-state index contributed by atoms with van der Waals surface area (Å²) in [5.74, 6) is 0.543. The Hall–Kier alpha value is -2.67. The second-order valence-corrected chi connectivity index (χ2v) is 8.24. The molecule has 0 unspecified atom stereocenters. The first-order chi connectivity index (χ1) is 14.7. The summed E-state index contributed by atoms with van der Waals surface area (Å²) < 4.78 is 8.27. The van der Waals surface area contributed by atoms with Gasteiger partial charge in [-0.1, -0.05) is 49.6 Å². The molecule has 3 amide bonds. The van der Waals surface area contributed by atoms with Crippen LogP contribution >= 0.6 is 11.9 Å². The zero-order valence-corrected chi connectivity index (χ0v) is 17.9. The molecular formula is C23H29N3O3S. The summed E-state index contributed by atoms with van der Waals surface area (Å²) in [5, 5.41) is 5.90. The number of para-hydroxylation sites is 1. The van der Waals surface area contributed by atoms with Gasteiger partial charge < -0.3 is 15.4 Å².